The summed E-state index contributed by atoms with van der Waals surface area (Å²) in [6, 6.07) is 7.99. The van der Waals surface area contributed by atoms with Gasteiger partial charge >= 0.3 is 0 Å². The molecule has 0 aliphatic heterocycles. The number of nitrogens with zero attached hydrogens (tertiary/aromatic N) is 2. The van der Waals surface area contributed by atoms with Crippen LogP contribution in [0, 0.1) is 6.92 Å². The summed E-state index contributed by atoms with van der Waals surface area (Å²) in [6.07, 6.45) is 2.58. The molecular weight excluding hydrogens is 286 g/mol. The minimum atomic E-state index is -0.354. The highest BCUT2D eigenvalue weighted by Crippen LogP contribution is 2.27. The summed E-state index contributed by atoms with van der Waals surface area (Å²) in [5, 5.41) is 5.14. The second-order valence-electron chi connectivity index (χ2n) is 4.17. The molecule has 0 atom stereocenters. The number of hydrogen-bond acceptors (Lipinski definition) is 5. The van der Waals surface area contributed by atoms with Crippen molar-refractivity contribution >= 4 is 22.4 Å². The first-order valence-electron chi connectivity index (χ1n) is 5.95. The summed E-state index contributed by atoms with van der Waals surface area (Å²) in [4.78, 5) is 19.9. The van der Waals surface area contributed by atoms with E-state index in [1.54, 1.807) is 0 Å². The minimum Gasteiger partial charge on any atom is -0.438 e. The molecule has 21 heavy (non-hydrogen) atoms. The van der Waals surface area contributed by atoms with Crippen LogP contribution in [-0.2, 0) is 0 Å². The maximum atomic E-state index is 11.8. The van der Waals surface area contributed by atoms with E-state index in [0.29, 0.717) is 5.13 Å². The zero-order valence-electron chi connectivity index (χ0n) is 10.7. The summed E-state index contributed by atoms with van der Waals surface area (Å²) in [5.41, 5.74) is 3.05. The van der Waals surface area contributed by atoms with E-state index in [4.69, 9.17) is 4.42 Å². The summed E-state index contributed by atoms with van der Waals surface area (Å²) in [6.45, 7) is 2.03. The molecule has 0 saturated heterocycles. The molecule has 0 fully saturated rings. The van der Waals surface area contributed by atoms with Crippen LogP contribution in [0.5, 0.6) is 0 Å². The number of carbonyl (C=O) groups excluding carboxylic acids is 1. The molecule has 0 aliphatic rings. The van der Waals surface area contributed by atoms with Gasteiger partial charge in [-0.05, 0) is 12.5 Å². The van der Waals surface area contributed by atoms with E-state index in [9.17, 15) is 4.79 Å². The van der Waals surface area contributed by atoms with Gasteiger partial charge < -0.3 is 4.42 Å². The van der Waals surface area contributed by atoms with Crippen LogP contribution in [0.2, 0.25) is 0 Å². The molecule has 0 radical (unpaired) electrons. The highest BCUT2D eigenvalue weighted by molar-refractivity contribution is 7.14. The molecule has 1 N–H and O–H groups in total. The van der Waals surface area contributed by atoms with Gasteiger partial charge in [0, 0.05) is 10.9 Å². The molecule has 5 nitrogen and oxygen atoms in total. The smallest absolute Gasteiger partial charge is 0.294 e. The van der Waals surface area contributed by atoms with Crippen LogP contribution in [-0.4, -0.2) is 15.9 Å². The van der Waals surface area contributed by atoms with Gasteiger partial charge in [0.15, 0.2) is 11.5 Å². The van der Waals surface area contributed by atoms with Crippen molar-refractivity contribution in [2.45, 2.75) is 14.4 Å². The number of hydrogen-bond donors (Lipinski definition) is 1. The number of aryl methyl sites for hydroxylation is 1. The molecule has 1 amide bonds. The fraction of sp³-hybridized carbons (Fsp3) is 0.133. The largest absolute Gasteiger partial charge is 0.438 e. The number of nitrogens with one attached hydrogen (secondary N) is 1. The zero-order valence-corrected chi connectivity index (χ0v) is 11.5. The quantitative estimate of drug-likeness (QED) is 0.794. The van der Waals surface area contributed by atoms with Gasteiger partial charge in [-0.1, -0.05) is 31.7 Å². The standard InChI is InChI=1S/C14H11N3O2S.CH4/c1-9-4-2-3-5-10(9)11-7-20-14(16-11)17-13(18)12-6-15-8-19-12;/h2-8H,1H3,(H,16,17,18);1H4. The Morgan fingerprint density at radius 3 is 2.86 bits per heavy atom. The van der Waals surface area contributed by atoms with Crippen molar-refractivity contribution in [1.82, 2.24) is 9.97 Å². The van der Waals surface area contributed by atoms with Crippen LogP contribution in [0.3, 0.4) is 0 Å². The first kappa shape index (κ1) is 14.9. The fourth-order valence-corrected chi connectivity index (χ4v) is 2.51. The minimum absolute atomic E-state index is 0. The maximum absolute atomic E-state index is 11.8. The fourth-order valence-electron chi connectivity index (χ4n) is 1.80. The van der Waals surface area contributed by atoms with Gasteiger partial charge in [0.05, 0.1) is 11.9 Å². The first-order chi connectivity index (χ1) is 9.74. The van der Waals surface area contributed by atoms with E-state index in [0.717, 1.165) is 16.8 Å². The third-order valence-electron chi connectivity index (χ3n) is 2.80. The second-order valence-corrected chi connectivity index (χ2v) is 5.03. The number of rotatable bonds is 3. The zero-order chi connectivity index (χ0) is 13.9. The lowest BCUT2D eigenvalue weighted by Gasteiger charge is -2.01. The van der Waals surface area contributed by atoms with E-state index in [2.05, 4.69) is 15.3 Å². The van der Waals surface area contributed by atoms with Crippen molar-refractivity contribution in [2.24, 2.45) is 0 Å². The van der Waals surface area contributed by atoms with Gasteiger partial charge in [-0.15, -0.1) is 11.3 Å². The Hall–Kier alpha value is -2.47. The van der Waals surface area contributed by atoms with E-state index < -0.39 is 0 Å². The van der Waals surface area contributed by atoms with Crippen LogP contribution in [0.15, 0.2) is 46.7 Å². The first-order valence-corrected chi connectivity index (χ1v) is 6.83. The van der Waals surface area contributed by atoms with E-state index >= 15 is 0 Å². The molecule has 108 valence electrons. The topological polar surface area (TPSA) is 68.0 Å². The van der Waals surface area contributed by atoms with Crippen molar-refractivity contribution in [1.29, 1.82) is 0 Å². The Morgan fingerprint density at radius 1 is 1.33 bits per heavy atom. The highest BCUT2D eigenvalue weighted by Gasteiger charge is 2.13. The predicted molar refractivity (Wildman–Crippen MR) is 83.5 cm³/mol. The molecule has 3 aromatic rings. The normalized spacial score (nSPS) is 9.95. The Bertz CT molecular complexity index is 735. The molecule has 1 aromatic carbocycles. The molecule has 2 aromatic heterocycles. The van der Waals surface area contributed by atoms with Crippen molar-refractivity contribution in [3.63, 3.8) is 0 Å². The number of thiazole rings is 1. The molecule has 6 heteroatoms. The Labute approximate surface area is 126 Å². The highest BCUT2D eigenvalue weighted by atomic mass is 32.1. The lowest BCUT2D eigenvalue weighted by molar-refractivity contribution is 0.0996. The third-order valence-corrected chi connectivity index (χ3v) is 3.56. The van der Waals surface area contributed by atoms with Crippen molar-refractivity contribution < 1.29 is 9.21 Å². The van der Waals surface area contributed by atoms with Gasteiger partial charge in [-0.2, -0.15) is 0 Å². The Morgan fingerprint density at radius 2 is 2.14 bits per heavy atom. The van der Waals surface area contributed by atoms with Crippen LogP contribution >= 0.6 is 11.3 Å². The van der Waals surface area contributed by atoms with E-state index in [1.165, 1.54) is 23.9 Å². The summed E-state index contributed by atoms with van der Waals surface area (Å²) in [7, 11) is 0. The Kier molecular flexibility index (Phi) is 4.49. The maximum Gasteiger partial charge on any atom is 0.294 e. The van der Waals surface area contributed by atoms with Crippen molar-refractivity contribution in [3.05, 3.63) is 53.6 Å². The van der Waals surface area contributed by atoms with Gasteiger partial charge in [-0.25, -0.2) is 9.97 Å². The van der Waals surface area contributed by atoms with Crippen LogP contribution < -0.4 is 5.32 Å². The average Bonchev–Trinajstić information content (AvgIpc) is 3.10. The number of benzene rings is 1. The SMILES string of the molecule is C.Cc1ccccc1-c1csc(NC(=O)c2cnco2)n1. The van der Waals surface area contributed by atoms with Crippen molar-refractivity contribution in [3.8, 4) is 11.3 Å². The lowest BCUT2D eigenvalue weighted by Crippen LogP contribution is -2.10. The summed E-state index contributed by atoms with van der Waals surface area (Å²) >= 11 is 1.37. The van der Waals surface area contributed by atoms with E-state index in [1.807, 2.05) is 36.6 Å². The number of anilines is 1. The van der Waals surface area contributed by atoms with Gasteiger partial charge in [0.2, 0.25) is 5.76 Å². The lowest BCUT2D eigenvalue weighted by atomic mass is 10.1. The van der Waals surface area contributed by atoms with Gasteiger partial charge in [0.1, 0.15) is 0 Å². The number of amides is 1. The van der Waals surface area contributed by atoms with Crippen LogP contribution in [0.1, 0.15) is 23.5 Å². The molecule has 3 rings (SSSR count). The van der Waals surface area contributed by atoms with Crippen molar-refractivity contribution in [2.75, 3.05) is 5.32 Å². The van der Waals surface area contributed by atoms with Gasteiger partial charge in [-0.3, -0.25) is 10.1 Å². The number of carbonyl (C=O) groups is 1. The predicted octanol–water partition coefficient (Wildman–Crippen LogP) is 3.99. The molecule has 0 bridgehead atoms. The van der Waals surface area contributed by atoms with Gasteiger partial charge in [0.25, 0.3) is 5.91 Å². The van der Waals surface area contributed by atoms with Crippen LogP contribution in [0.4, 0.5) is 5.13 Å². The molecular formula is C15H15N3O2S. The number of oxazole rings is 1. The molecule has 0 spiro atoms. The average molecular weight is 301 g/mol. The number of aromatic nitrogens is 2. The Balaban J connectivity index is 0.00000161. The molecule has 2 heterocycles. The van der Waals surface area contributed by atoms with Crippen LogP contribution in [0.25, 0.3) is 11.3 Å². The summed E-state index contributed by atoms with van der Waals surface area (Å²) < 4.78 is 4.93. The molecule has 0 saturated carbocycles. The second kappa shape index (κ2) is 6.32. The molecule has 0 unspecified atom stereocenters. The summed E-state index contributed by atoms with van der Waals surface area (Å²) in [5.74, 6) is -0.189. The van der Waals surface area contributed by atoms with E-state index in [-0.39, 0.29) is 19.1 Å². The monoisotopic (exact) mass is 301 g/mol. The third kappa shape index (κ3) is 3.17. The molecule has 0 aliphatic carbocycles.